The van der Waals surface area contributed by atoms with E-state index in [2.05, 4.69) is 0 Å². The van der Waals surface area contributed by atoms with Gasteiger partial charge in [-0.1, -0.05) is 30.3 Å². The molecule has 158 valence electrons. The molecule has 0 saturated carbocycles. The SMILES string of the molecule is CN(CCc1ccccc1)C(=O)[C@@H](O)[C@@H]1C(=O)N2[C@@H](C(=O)[O-])C(C)(C)S(=O)(=O)[C@H]12.[Na+]. The molecule has 2 amide bonds. The Bertz CT molecular complexity index is 951. The summed E-state index contributed by atoms with van der Waals surface area (Å²) in [6, 6.07) is 7.67. The molecule has 2 fully saturated rings. The van der Waals surface area contributed by atoms with Crippen LogP contribution in [0.3, 0.4) is 0 Å². The molecule has 1 aromatic carbocycles. The van der Waals surface area contributed by atoms with Crippen LogP contribution in [0.4, 0.5) is 0 Å². The predicted octanol–water partition coefficient (Wildman–Crippen LogP) is -4.84. The average Bonchev–Trinajstić information content (AvgIpc) is 2.80. The second-order valence-corrected chi connectivity index (χ2v) is 10.6. The fourth-order valence-corrected chi connectivity index (χ4v) is 6.37. The summed E-state index contributed by atoms with van der Waals surface area (Å²) in [5.41, 5.74) is 0.976. The maximum absolute atomic E-state index is 12.8. The summed E-state index contributed by atoms with van der Waals surface area (Å²) in [6.45, 7) is 2.66. The Morgan fingerprint density at radius 2 is 1.83 bits per heavy atom. The Morgan fingerprint density at radius 1 is 1.27 bits per heavy atom. The van der Waals surface area contributed by atoms with E-state index in [1.807, 2.05) is 30.3 Å². The number of nitrogens with zero attached hydrogens (tertiary/aromatic N) is 2. The van der Waals surface area contributed by atoms with Crippen molar-refractivity contribution in [1.82, 2.24) is 9.80 Å². The number of sulfone groups is 1. The number of carbonyl (C=O) groups is 3. The van der Waals surface area contributed by atoms with Gasteiger partial charge in [-0.2, -0.15) is 0 Å². The number of amides is 2. The summed E-state index contributed by atoms with van der Waals surface area (Å²) in [5.74, 6) is -4.89. The normalized spacial score (nSPS) is 26.7. The Balaban J connectivity index is 0.00000320. The van der Waals surface area contributed by atoms with Gasteiger partial charge in [0.25, 0.3) is 5.91 Å². The molecule has 0 aromatic heterocycles. The first-order chi connectivity index (χ1) is 13.4. The molecule has 2 saturated heterocycles. The number of carbonyl (C=O) groups excluding carboxylic acids is 3. The van der Waals surface area contributed by atoms with Gasteiger partial charge in [0.05, 0.1) is 16.8 Å². The van der Waals surface area contributed by atoms with E-state index in [9.17, 15) is 33.0 Å². The van der Waals surface area contributed by atoms with Crippen LogP contribution in [-0.2, 0) is 30.6 Å². The molecule has 0 spiro atoms. The number of β-lactam (4-membered cyclic amide) rings is 1. The standard InChI is InChI=1S/C19H24N2O7S.Na/c1-19(2)14(18(25)26)21-15(23)12(17(21)29(19,27)28)13(22)16(24)20(3)10-9-11-7-5-4-6-8-11;/h4-8,12-14,17,22H,9-10H2,1-3H3,(H,25,26);/q;+1/p-1/t12-,13+,14+,17-;/m1./s1. The molecule has 30 heavy (non-hydrogen) atoms. The number of hydrogen-bond donors (Lipinski definition) is 1. The van der Waals surface area contributed by atoms with Gasteiger partial charge in [0.2, 0.25) is 5.91 Å². The number of benzene rings is 1. The maximum Gasteiger partial charge on any atom is 1.00 e. The van der Waals surface area contributed by atoms with Crippen molar-refractivity contribution in [3.8, 4) is 0 Å². The third-order valence-corrected chi connectivity index (χ3v) is 8.73. The van der Waals surface area contributed by atoms with Gasteiger partial charge in [-0.3, -0.25) is 9.59 Å². The molecule has 2 aliphatic rings. The number of carboxylic acid groups (broad SMARTS) is 1. The largest absolute Gasteiger partial charge is 1.00 e. The average molecular weight is 446 g/mol. The van der Waals surface area contributed by atoms with E-state index in [1.54, 1.807) is 0 Å². The summed E-state index contributed by atoms with van der Waals surface area (Å²) >= 11 is 0. The molecule has 3 rings (SSSR count). The Kier molecular flexibility index (Phi) is 7.10. The third-order valence-electron chi connectivity index (χ3n) is 5.88. The molecule has 2 aliphatic heterocycles. The van der Waals surface area contributed by atoms with Crippen molar-refractivity contribution in [2.24, 2.45) is 5.92 Å². The van der Waals surface area contributed by atoms with E-state index in [1.165, 1.54) is 25.8 Å². The van der Waals surface area contributed by atoms with Gasteiger partial charge in [-0.25, -0.2) is 8.42 Å². The number of fused-ring (bicyclic) bond motifs is 1. The number of aliphatic carboxylic acids is 1. The molecule has 0 aliphatic carbocycles. The van der Waals surface area contributed by atoms with Gasteiger partial charge in [0, 0.05) is 13.6 Å². The number of aliphatic hydroxyl groups excluding tert-OH is 1. The van der Waals surface area contributed by atoms with Crippen LogP contribution < -0.4 is 34.7 Å². The van der Waals surface area contributed by atoms with E-state index < -0.39 is 55.8 Å². The molecule has 1 N–H and O–H groups in total. The zero-order valence-corrected chi connectivity index (χ0v) is 20.1. The molecular weight excluding hydrogens is 423 g/mol. The smallest absolute Gasteiger partial charge is 0.548 e. The molecule has 1 aromatic rings. The van der Waals surface area contributed by atoms with Crippen molar-refractivity contribution in [3.05, 3.63) is 35.9 Å². The first kappa shape index (κ1) is 24.8. The Morgan fingerprint density at radius 3 is 2.37 bits per heavy atom. The Labute approximate surface area is 197 Å². The maximum atomic E-state index is 12.8. The van der Waals surface area contributed by atoms with E-state index >= 15 is 0 Å². The van der Waals surface area contributed by atoms with Gasteiger partial charge in [0.1, 0.15) is 17.4 Å². The quantitative estimate of drug-likeness (QED) is 0.342. The predicted molar refractivity (Wildman–Crippen MR) is 99.7 cm³/mol. The van der Waals surface area contributed by atoms with Crippen LogP contribution in [0.2, 0.25) is 0 Å². The first-order valence-electron chi connectivity index (χ1n) is 9.16. The van der Waals surface area contributed by atoms with Crippen molar-refractivity contribution in [2.75, 3.05) is 13.6 Å². The molecule has 2 heterocycles. The number of carboxylic acids is 1. The molecule has 11 heteroatoms. The van der Waals surface area contributed by atoms with Crippen molar-refractivity contribution < 1.29 is 62.6 Å². The van der Waals surface area contributed by atoms with Gasteiger partial charge >= 0.3 is 29.6 Å². The van der Waals surface area contributed by atoms with E-state index in [0.717, 1.165) is 5.56 Å². The minimum atomic E-state index is -4.15. The fraction of sp³-hybridized carbons (Fsp3) is 0.526. The molecule has 4 atom stereocenters. The van der Waals surface area contributed by atoms with Crippen LogP contribution in [0.25, 0.3) is 0 Å². The topological polar surface area (TPSA) is 135 Å². The van der Waals surface area contributed by atoms with Crippen molar-refractivity contribution >= 4 is 27.6 Å². The van der Waals surface area contributed by atoms with Crippen molar-refractivity contribution in [3.63, 3.8) is 0 Å². The molecule has 9 nitrogen and oxygen atoms in total. The van der Waals surface area contributed by atoms with Crippen LogP contribution in [-0.4, -0.2) is 77.0 Å². The van der Waals surface area contributed by atoms with Crippen LogP contribution in [0.15, 0.2) is 30.3 Å². The fourth-order valence-electron chi connectivity index (χ4n) is 4.05. The third kappa shape index (κ3) is 3.69. The van der Waals surface area contributed by atoms with Crippen LogP contribution >= 0.6 is 0 Å². The summed E-state index contributed by atoms with van der Waals surface area (Å²) in [5, 5.41) is 20.4. The monoisotopic (exact) mass is 446 g/mol. The summed E-state index contributed by atoms with van der Waals surface area (Å²) in [7, 11) is -2.70. The van der Waals surface area contributed by atoms with Gasteiger partial charge in [-0.05, 0) is 25.8 Å². The minimum absolute atomic E-state index is 0. The second-order valence-electron chi connectivity index (χ2n) is 7.97. The van der Waals surface area contributed by atoms with Gasteiger partial charge in [-0.15, -0.1) is 0 Å². The number of likely N-dealkylation sites (N-methyl/N-ethyl adjacent to an activating group) is 1. The van der Waals surface area contributed by atoms with Crippen molar-refractivity contribution in [2.45, 2.75) is 42.5 Å². The first-order valence-corrected chi connectivity index (χ1v) is 10.7. The Hall–Kier alpha value is -1.46. The van der Waals surface area contributed by atoms with Crippen LogP contribution in [0.5, 0.6) is 0 Å². The molecule has 0 unspecified atom stereocenters. The minimum Gasteiger partial charge on any atom is -0.548 e. The number of aliphatic hydroxyl groups is 1. The van der Waals surface area contributed by atoms with Gasteiger partial charge < -0.3 is 24.8 Å². The molecule has 0 bridgehead atoms. The van der Waals surface area contributed by atoms with Gasteiger partial charge in [0.15, 0.2) is 9.84 Å². The van der Waals surface area contributed by atoms with Crippen LogP contribution in [0, 0.1) is 5.92 Å². The van der Waals surface area contributed by atoms with E-state index in [-0.39, 0.29) is 36.1 Å². The number of hydrogen-bond acceptors (Lipinski definition) is 7. The second kappa shape index (κ2) is 8.58. The summed E-state index contributed by atoms with van der Waals surface area (Å²) in [4.78, 5) is 38.5. The van der Waals surface area contributed by atoms with Crippen LogP contribution in [0.1, 0.15) is 19.4 Å². The molecular formula is C19H23N2NaO7S. The summed E-state index contributed by atoms with van der Waals surface area (Å²) in [6.07, 6.45) is -1.36. The zero-order chi connectivity index (χ0) is 21.7. The zero-order valence-electron chi connectivity index (χ0n) is 17.3. The van der Waals surface area contributed by atoms with Crippen molar-refractivity contribution in [1.29, 1.82) is 0 Å². The van der Waals surface area contributed by atoms with E-state index in [4.69, 9.17) is 0 Å². The molecule has 0 radical (unpaired) electrons. The number of rotatable bonds is 6. The van der Waals surface area contributed by atoms with E-state index in [0.29, 0.717) is 11.3 Å². The summed E-state index contributed by atoms with van der Waals surface area (Å²) < 4.78 is 23.9.